The first-order valence-electron chi connectivity index (χ1n) is 9.51. The Balaban J connectivity index is 1.63. The monoisotopic (exact) mass is 406 g/mol. The first-order valence-corrected chi connectivity index (χ1v) is 11.5. The second-order valence-corrected chi connectivity index (χ2v) is 9.27. The molecule has 1 aliphatic heterocycles. The molecular formula is C21H27ClN2O2S. The zero-order valence-corrected chi connectivity index (χ0v) is 17.1. The van der Waals surface area contributed by atoms with Crippen LogP contribution in [0.15, 0.2) is 59.5 Å². The highest BCUT2D eigenvalue weighted by Gasteiger charge is 2.26. The van der Waals surface area contributed by atoms with Gasteiger partial charge in [-0.15, -0.1) is 11.6 Å². The molecule has 3 rings (SSSR count). The van der Waals surface area contributed by atoms with E-state index < -0.39 is 10.0 Å². The van der Waals surface area contributed by atoms with Crippen molar-refractivity contribution in [3.63, 3.8) is 0 Å². The smallest absolute Gasteiger partial charge is 0.243 e. The van der Waals surface area contributed by atoms with Gasteiger partial charge < -0.3 is 0 Å². The molecule has 1 heterocycles. The van der Waals surface area contributed by atoms with Gasteiger partial charge in [-0.25, -0.2) is 8.42 Å². The zero-order chi connectivity index (χ0) is 19.1. The number of hydrogen-bond donors (Lipinski definition) is 0. The van der Waals surface area contributed by atoms with E-state index in [2.05, 4.69) is 17.0 Å². The summed E-state index contributed by atoms with van der Waals surface area (Å²) in [4.78, 5) is 2.72. The van der Waals surface area contributed by atoms with Crippen LogP contribution in [0.25, 0.3) is 0 Å². The van der Waals surface area contributed by atoms with Gasteiger partial charge in [0.25, 0.3) is 0 Å². The van der Waals surface area contributed by atoms with Crippen LogP contribution in [0, 0.1) is 0 Å². The summed E-state index contributed by atoms with van der Waals surface area (Å²) < 4.78 is 27.7. The Hall–Kier alpha value is -1.40. The molecule has 0 aromatic heterocycles. The summed E-state index contributed by atoms with van der Waals surface area (Å²) in [5.74, 6) is 0.618. The Labute approximate surface area is 167 Å². The summed E-state index contributed by atoms with van der Waals surface area (Å²) in [7, 11) is -3.44. The third-order valence-electron chi connectivity index (χ3n) is 4.96. The Bertz CT molecular complexity index is 810. The number of alkyl halides is 1. The largest absolute Gasteiger partial charge is 0.298 e. The lowest BCUT2D eigenvalue weighted by Gasteiger charge is -2.22. The Kier molecular flexibility index (Phi) is 7.30. The summed E-state index contributed by atoms with van der Waals surface area (Å²) in [6.07, 6.45) is 2.62. The second-order valence-electron chi connectivity index (χ2n) is 6.96. The molecule has 1 saturated heterocycles. The summed E-state index contributed by atoms with van der Waals surface area (Å²) in [6, 6.07) is 17.6. The normalized spacial score (nSPS) is 16.9. The van der Waals surface area contributed by atoms with Crippen molar-refractivity contribution in [2.24, 2.45) is 0 Å². The van der Waals surface area contributed by atoms with Crippen LogP contribution >= 0.6 is 11.6 Å². The molecule has 0 unspecified atom stereocenters. The predicted octanol–water partition coefficient (Wildman–Crippen LogP) is 3.75. The van der Waals surface area contributed by atoms with E-state index in [1.807, 2.05) is 30.3 Å². The molecule has 4 nitrogen and oxygen atoms in total. The summed E-state index contributed by atoms with van der Waals surface area (Å²) in [6.45, 7) is 3.63. The molecule has 27 heavy (non-hydrogen) atoms. The Morgan fingerprint density at radius 2 is 1.59 bits per heavy atom. The van der Waals surface area contributed by atoms with E-state index in [-0.39, 0.29) is 0 Å². The van der Waals surface area contributed by atoms with Gasteiger partial charge in [-0.2, -0.15) is 4.31 Å². The van der Waals surface area contributed by atoms with Crippen LogP contribution in [0.4, 0.5) is 0 Å². The maximum Gasteiger partial charge on any atom is 0.243 e. The average Bonchev–Trinajstić information content (AvgIpc) is 2.93. The third kappa shape index (κ3) is 5.55. The van der Waals surface area contributed by atoms with E-state index in [1.165, 1.54) is 5.56 Å². The fraction of sp³-hybridized carbons (Fsp3) is 0.429. The van der Waals surface area contributed by atoms with Crippen molar-refractivity contribution in [2.75, 3.05) is 32.1 Å². The minimum Gasteiger partial charge on any atom is -0.298 e. The van der Waals surface area contributed by atoms with Crippen molar-refractivity contribution in [1.29, 1.82) is 0 Å². The first-order chi connectivity index (χ1) is 13.1. The highest BCUT2D eigenvalue weighted by Crippen LogP contribution is 2.19. The molecule has 1 aliphatic rings. The summed E-state index contributed by atoms with van der Waals surface area (Å²) in [5, 5.41) is 0. The molecule has 0 radical (unpaired) electrons. The van der Waals surface area contributed by atoms with E-state index in [4.69, 9.17) is 11.6 Å². The highest BCUT2D eigenvalue weighted by atomic mass is 35.5. The van der Waals surface area contributed by atoms with Crippen molar-refractivity contribution in [3.05, 3.63) is 65.7 Å². The number of halogens is 1. The predicted molar refractivity (Wildman–Crippen MR) is 111 cm³/mol. The molecule has 0 spiro atoms. The SMILES string of the molecule is O=S(=O)(c1ccc(CCCCl)cc1)N1CCCN(Cc2ccccc2)CC1. The lowest BCUT2D eigenvalue weighted by molar-refractivity contribution is 0.278. The molecule has 0 aliphatic carbocycles. The number of aryl methyl sites for hydroxylation is 1. The molecule has 0 amide bonds. The third-order valence-corrected chi connectivity index (χ3v) is 7.14. The molecule has 146 valence electrons. The lowest BCUT2D eigenvalue weighted by Crippen LogP contribution is -2.35. The van der Waals surface area contributed by atoms with Gasteiger partial charge in [0, 0.05) is 32.1 Å². The van der Waals surface area contributed by atoms with Gasteiger partial charge in [-0.3, -0.25) is 4.90 Å². The van der Waals surface area contributed by atoms with Crippen LogP contribution in [0.5, 0.6) is 0 Å². The number of sulfonamides is 1. The van der Waals surface area contributed by atoms with Gasteiger partial charge in [0.05, 0.1) is 4.90 Å². The molecule has 0 saturated carbocycles. The van der Waals surface area contributed by atoms with Crippen LogP contribution in [0.2, 0.25) is 0 Å². The molecular weight excluding hydrogens is 380 g/mol. The van der Waals surface area contributed by atoms with Crippen LogP contribution in [-0.2, 0) is 23.0 Å². The van der Waals surface area contributed by atoms with Gasteiger partial charge in [0.15, 0.2) is 0 Å². The maximum atomic E-state index is 13.0. The minimum absolute atomic E-state index is 0.383. The Morgan fingerprint density at radius 3 is 2.30 bits per heavy atom. The van der Waals surface area contributed by atoms with Crippen LogP contribution in [0.1, 0.15) is 24.0 Å². The van der Waals surface area contributed by atoms with Crippen LogP contribution in [0.3, 0.4) is 0 Å². The topological polar surface area (TPSA) is 40.6 Å². The number of hydrogen-bond acceptors (Lipinski definition) is 3. The van der Waals surface area contributed by atoms with E-state index in [0.29, 0.717) is 23.9 Å². The molecule has 0 N–H and O–H groups in total. The number of nitrogens with zero attached hydrogens (tertiary/aromatic N) is 2. The summed E-state index contributed by atoms with van der Waals surface area (Å²) >= 11 is 5.73. The summed E-state index contributed by atoms with van der Waals surface area (Å²) in [5.41, 5.74) is 2.39. The van der Waals surface area contributed by atoms with E-state index in [9.17, 15) is 8.42 Å². The van der Waals surface area contributed by atoms with Crippen molar-refractivity contribution >= 4 is 21.6 Å². The minimum atomic E-state index is -3.44. The highest BCUT2D eigenvalue weighted by molar-refractivity contribution is 7.89. The quantitative estimate of drug-likeness (QED) is 0.657. The van der Waals surface area contributed by atoms with E-state index in [1.54, 1.807) is 16.4 Å². The zero-order valence-electron chi connectivity index (χ0n) is 15.6. The molecule has 6 heteroatoms. The van der Waals surface area contributed by atoms with Gasteiger partial charge in [0.1, 0.15) is 0 Å². The molecule has 0 bridgehead atoms. The van der Waals surface area contributed by atoms with E-state index in [0.717, 1.165) is 44.5 Å². The van der Waals surface area contributed by atoms with E-state index >= 15 is 0 Å². The van der Waals surface area contributed by atoms with Gasteiger partial charge in [-0.1, -0.05) is 42.5 Å². The van der Waals surface area contributed by atoms with Crippen molar-refractivity contribution in [3.8, 4) is 0 Å². The number of benzene rings is 2. The lowest BCUT2D eigenvalue weighted by atomic mass is 10.1. The standard InChI is InChI=1S/C21H27ClN2O2S/c22-13-4-8-19-9-11-21(12-10-19)27(25,26)24-15-5-14-23(16-17-24)18-20-6-2-1-3-7-20/h1-3,6-7,9-12H,4-5,8,13-18H2. The van der Waals surface area contributed by atoms with Crippen molar-refractivity contribution in [2.45, 2.75) is 30.7 Å². The van der Waals surface area contributed by atoms with Crippen LogP contribution < -0.4 is 0 Å². The van der Waals surface area contributed by atoms with Gasteiger partial charge in [-0.05, 0) is 49.1 Å². The van der Waals surface area contributed by atoms with Crippen LogP contribution in [-0.4, -0.2) is 49.7 Å². The van der Waals surface area contributed by atoms with Gasteiger partial charge in [0.2, 0.25) is 10.0 Å². The Morgan fingerprint density at radius 1 is 0.852 bits per heavy atom. The fourth-order valence-corrected chi connectivity index (χ4v) is 5.04. The molecule has 2 aromatic carbocycles. The first kappa shape index (κ1) is 20.3. The molecule has 2 aromatic rings. The van der Waals surface area contributed by atoms with Crippen molar-refractivity contribution < 1.29 is 8.42 Å². The second kappa shape index (κ2) is 9.69. The van der Waals surface area contributed by atoms with Crippen molar-refractivity contribution in [1.82, 2.24) is 9.21 Å². The maximum absolute atomic E-state index is 13.0. The van der Waals surface area contributed by atoms with Gasteiger partial charge >= 0.3 is 0 Å². The molecule has 1 fully saturated rings. The number of rotatable bonds is 7. The molecule has 0 atom stereocenters. The fourth-order valence-electron chi connectivity index (χ4n) is 3.44. The average molecular weight is 407 g/mol.